The molecule has 0 unspecified atom stereocenters. The van der Waals surface area contributed by atoms with Gasteiger partial charge >= 0.3 is 0 Å². The minimum absolute atomic E-state index is 0. The van der Waals surface area contributed by atoms with Crippen LogP contribution < -0.4 is 4.90 Å². The normalized spacial score (nSPS) is 11.7. The van der Waals surface area contributed by atoms with E-state index in [1.54, 1.807) is 18.2 Å². The van der Waals surface area contributed by atoms with E-state index in [4.69, 9.17) is 17.3 Å². The van der Waals surface area contributed by atoms with Crippen molar-refractivity contribution in [3.8, 4) is 0 Å². The molecule has 0 aliphatic heterocycles. The Kier molecular flexibility index (Phi) is 8.65. The van der Waals surface area contributed by atoms with Gasteiger partial charge in [-0.1, -0.05) is 48.0 Å². The Labute approximate surface area is 181 Å². The summed E-state index contributed by atoms with van der Waals surface area (Å²) >= 11 is 6.35. The van der Waals surface area contributed by atoms with Crippen LogP contribution in [0.25, 0.3) is 5.73 Å². The standard InChI is InChI=1S/C18H22ClN3O.Pr/c1-21(2)12-17(13-7-5-4-6-8-13)22(3)16-10-9-14(18(20)23)11-15(16)19;/h4-11,17H,12H2,1-3H3,(H2,20,23);/p-1/t17-;/m1./s1. The summed E-state index contributed by atoms with van der Waals surface area (Å²) in [6.45, 7) is 0.829. The zero-order chi connectivity index (χ0) is 17.0. The number of hydrogen-bond acceptors (Lipinski definition) is 3. The zero-order valence-electron chi connectivity index (χ0n) is 14.2. The van der Waals surface area contributed by atoms with Gasteiger partial charge in [-0.25, -0.2) is 0 Å². The minimum atomic E-state index is -0.728. The van der Waals surface area contributed by atoms with E-state index in [1.807, 2.05) is 39.3 Å². The molecule has 4 nitrogen and oxygen atoms in total. The van der Waals surface area contributed by atoms with Crippen LogP contribution >= 0.6 is 11.6 Å². The number of anilines is 1. The molecule has 0 aliphatic rings. The van der Waals surface area contributed by atoms with E-state index in [1.165, 1.54) is 5.56 Å². The first kappa shape index (κ1) is 21.4. The number of nitrogens with zero attached hydrogens (tertiary/aromatic N) is 2. The summed E-state index contributed by atoms with van der Waals surface area (Å²) in [5.74, 6) is -0.728. The molecular formula is C18H21ClN3OPr-. The van der Waals surface area contributed by atoms with Gasteiger partial charge in [-0.05, 0) is 31.8 Å². The predicted octanol–water partition coefficient (Wildman–Crippen LogP) is 4.27. The van der Waals surface area contributed by atoms with Crippen LogP contribution in [0.1, 0.15) is 22.0 Å². The molecule has 0 fully saturated rings. The average Bonchev–Trinajstić information content (AvgIpc) is 2.52. The van der Waals surface area contributed by atoms with Crippen molar-refractivity contribution in [2.24, 2.45) is 0 Å². The molecule has 1 N–H and O–H groups in total. The summed E-state index contributed by atoms with van der Waals surface area (Å²) in [5, 5.41) is 0.477. The van der Waals surface area contributed by atoms with Crippen molar-refractivity contribution >= 4 is 23.2 Å². The van der Waals surface area contributed by atoms with Crippen molar-refractivity contribution in [3.05, 3.63) is 70.4 Å². The van der Waals surface area contributed by atoms with Gasteiger partial charge in [0.25, 0.3) is 0 Å². The molecule has 2 rings (SSSR count). The molecule has 0 spiro atoms. The van der Waals surface area contributed by atoms with E-state index in [0.29, 0.717) is 10.6 Å². The van der Waals surface area contributed by atoms with Crippen LogP contribution in [0.15, 0.2) is 48.5 Å². The second-order valence-corrected chi connectivity index (χ2v) is 6.20. The summed E-state index contributed by atoms with van der Waals surface area (Å²) in [5.41, 5.74) is 9.52. The molecule has 0 bridgehead atoms. The van der Waals surface area contributed by atoms with Gasteiger partial charge in [0.1, 0.15) is 0 Å². The number of halogens is 1. The summed E-state index contributed by atoms with van der Waals surface area (Å²) in [6.07, 6.45) is 0. The molecule has 125 valence electrons. The molecule has 0 aliphatic carbocycles. The topological polar surface area (TPSA) is 47.4 Å². The van der Waals surface area contributed by atoms with Crippen molar-refractivity contribution in [1.29, 1.82) is 0 Å². The molecule has 0 aromatic heterocycles. The van der Waals surface area contributed by atoms with Crippen molar-refractivity contribution in [3.63, 3.8) is 0 Å². The second-order valence-electron chi connectivity index (χ2n) is 5.79. The maximum absolute atomic E-state index is 11.2. The third-order valence-electron chi connectivity index (χ3n) is 3.78. The monoisotopic (exact) mass is 471 g/mol. The molecule has 2 aromatic carbocycles. The van der Waals surface area contributed by atoms with Gasteiger partial charge in [-0.3, -0.25) is 0 Å². The molecule has 24 heavy (non-hydrogen) atoms. The molecule has 2 aromatic rings. The van der Waals surface area contributed by atoms with Crippen LogP contribution in [0.5, 0.6) is 0 Å². The van der Waals surface area contributed by atoms with Gasteiger partial charge in [-0.2, -0.15) is 0 Å². The van der Waals surface area contributed by atoms with Crippen molar-refractivity contribution in [2.75, 3.05) is 32.6 Å². The number of likely N-dealkylation sites (N-methyl/N-ethyl adjacent to an activating group) is 2. The van der Waals surface area contributed by atoms with E-state index < -0.39 is 5.91 Å². The molecular weight excluding hydrogens is 451 g/mol. The van der Waals surface area contributed by atoms with Crippen LogP contribution in [0, 0.1) is 41.3 Å². The van der Waals surface area contributed by atoms with Crippen LogP contribution in [0.4, 0.5) is 5.69 Å². The molecule has 1 radical (unpaired) electrons. The molecule has 6 heteroatoms. The Balaban J connectivity index is 0.00000288. The van der Waals surface area contributed by atoms with Gasteiger partial charge in [0, 0.05) is 60.4 Å². The number of amides is 1. The third kappa shape index (κ3) is 5.42. The van der Waals surface area contributed by atoms with E-state index >= 15 is 0 Å². The number of benzene rings is 2. The van der Waals surface area contributed by atoms with Gasteiger partial charge in [0.2, 0.25) is 0 Å². The van der Waals surface area contributed by atoms with Gasteiger partial charge in [0.05, 0.1) is 22.7 Å². The first-order chi connectivity index (χ1) is 10.9. The molecule has 0 saturated heterocycles. The van der Waals surface area contributed by atoms with Crippen molar-refractivity contribution in [2.45, 2.75) is 6.04 Å². The van der Waals surface area contributed by atoms with E-state index in [0.717, 1.165) is 12.2 Å². The first-order valence-corrected chi connectivity index (χ1v) is 7.76. The molecule has 0 saturated carbocycles. The number of carbonyl (C=O) groups excluding carboxylic acids is 1. The van der Waals surface area contributed by atoms with E-state index in [9.17, 15) is 4.79 Å². The molecule has 1 amide bonds. The van der Waals surface area contributed by atoms with Gasteiger partial charge in [0.15, 0.2) is 0 Å². The van der Waals surface area contributed by atoms with E-state index in [-0.39, 0.29) is 47.3 Å². The predicted molar refractivity (Wildman–Crippen MR) is 96.2 cm³/mol. The number of hydrogen-bond donors (Lipinski definition) is 0. The number of nitrogens with one attached hydrogen (secondary N) is 1. The van der Waals surface area contributed by atoms with E-state index in [2.05, 4.69) is 21.9 Å². The van der Waals surface area contributed by atoms with Crippen LogP contribution in [-0.4, -0.2) is 38.5 Å². The average molecular weight is 472 g/mol. The quantitative estimate of drug-likeness (QED) is 0.632. The Morgan fingerprint density at radius 3 is 2.25 bits per heavy atom. The SMILES string of the molecule is CN(C)C[C@H](c1ccccc1)N(C)c1ccc(C([NH-])=O)cc1Cl.[Pr]. The summed E-state index contributed by atoms with van der Waals surface area (Å²) < 4.78 is 0. The smallest absolute Gasteiger partial charge is 0.0796 e. The summed E-state index contributed by atoms with van der Waals surface area (Å²) in [4.78, 5) is 15.4. The summed E-state index contributed by atoms with van der Waals surface area (Å²) in [6, 6.07) is 15.4. The first-order valence-electron chi connectivity index (χ1n) is 7.38. The molecule has 0 heterocycles. The maximum atomic E-state index is 11.2. The maximum Gasteiger partial charge on any atom is 0.0796 e. The molecule has 1 atom stereocenters. The minimum Gasteiger partial charge on any atom is -0.664 e. The zero-order valence-corrected chi connectivity index (χ0v) is 18.6. The van der Waals surface area contributed by atoms with Crippen LogP contribution in [0.2, 0.25) is 5.02 Å². The van der Waals surface area contributed by atoms with Gasteiger partial charge in [-0.15, -0.1) is 0 Å². The van der Waals surface area contributed by atoms with Crippen LogP contribution in [-0.2, 0) is 0 Å². The Morgan fingerprint density at radius 1 is 1.12 bits per heavy atom. The van der Waals surface area contributed by atoms with Gasteiger partial charge < -0.3 is 20.3 Å². The fourth-order valence-corrected chi connectivity index (χ4v) is 2.89. The Hall–Kier alpha value is -0.676. The van der Waals surface area contributed by atoms with Crippen molar-refractivity contribution in [1.82, 2.24) is 4.90 Å². The fraction of sp³-hybridized carbons (Fsp3) is 0.278. The second kappa shape index (κ2) is 9.72. The van der Waals surface area contributed by atoms with Crippen LogP contribution in [0.3, 0.4) is 0 Å². The fourth-order valence-electron chi connectivity index (χ4n) is 2.57. The number of rotatable bonds is 6. The summed E-state index contributed by atoms with van der Waals surface area (Å²) in [7, 11) is 6.06. The third-order valence-corrected chi connectivity index (χ3v) is 4.08. The number of carbonyl (C=O) groups is 1. The van der Waals surface area contributed by atoms with Crippen molar-refractivity contribution < 1.29 is 46.1 Å². The largest absolute Gasteiger partial charge is 0.664 e. The Bertz CT molecular complexity index is 679. The Morgan fingerprint density at radius 2 is 1.75 bits per heavy atom.